The Bertz CT molecular complexity index is 341. The summed E-state index contributed by atoms with van der Waals surface area (Å²) in [6.45, 7) is 1.79. The van der Waals surface area contributed by atoms with Gasteiger partial charge in [0.25, 0.3) is 0 Å². The third-order valence-electron chi connectivity index (χ3n) is 1.97. The number of hydrogen-bond acceptors (Lipinski definition) is 3. The highest BCUT2D eigenvalue weighted by atomic mass is 15.2. The molecule has 0 aromatic heterocycles. The Hall–Kier alpha value is -1.77. The zero-order valence-corrected chi connectivity index (χ0v) is 7.90. The number of benzene rings is 1. The first-order valence-corrected chi connectivity index (χ1v) is 4.71. The zero-order chi connectivity index (χ0) is 9.64. The summed E-state index contributed by atoms with van der Waals surface area (Å²) in [5.74, 6) is 0.859. The van der Waals surface area contributed by atoms with Gasteiger partial charge in [0.1, 0.15) is 0 Å². The summed E-state index contributed by atoms with van der Waals surface area (Å²) in [6, 6.07) is 10.2. The van der Waals surface area contributed by atoms with Gasteiger partial charge in [-0.3, -0.25) is 4.99 Å². The van der Waals surface area contributed by atoms with E-state index in [-0.39, 0.29) is 0 Å². The molecule has 72 valence electrons. The van der Waals surface area contributed by atoms with Gasteiger partial charge in [-0.05, 0) is 11.6 Å². The quantitative estimate of drug-likeness (QED) is 0.730. The van der Waals surface area contributed by atoms with E-state index in [9.17, 15) is 0 Å². The average Bonchev–Trinajstić information content (AvgIpc) is 2.72. The predicted octanol–water partition coefficient (Wildman–Crippen LogP) is 1.21. The Kier molecular flexibility index (Phi) is 2.81. The Labute approximate surface area is 83.6 Å². The predicted molar refractivity (Wildman–Crippen MR) is 58.9 cm³/mol. The molecule has 0 saturated heterocycles. The first-order valence-electron chi connectivity index (χ1n) is 4.71. The molecule has 1 aliphatic rings. The van der Waals surface area contributed by atoms with Gasteiger partial charge in [0, 0.05) is 12.7 Å². The van der Waals surface area contributed by atoms with Crippen molar-refractivity contribution >= 4 is 12.0 Å². The highest BCUT2D eigenvalue weighted by molar-refractivity contribution is 5.82. The molecule has 2 rings (SSSR count). The van der Waals surface area contributed by atoms with Gasteiger partial charge in [-0.15, -0.1) is 0 Å². The summed E-state index contributed by atoms with van der Waals surface area (Å²) >= 11 is 0. The monoisotopic (exact) mass is 187 g/mol. The van der Waals surface area contributed by atoms with Crippen molar-refractivity contribution in [3.05, 3.63) is 42.1 Å². The van der Waals surface area contributed by atoms with E-state index in [0.717, 1.165) is 19.0 Å². The summed E-state index contributed by atoms with van der Waals surface area (Å²) in [5.41, 5.74) is 1.18. The summed E-state index contributed by atoms with van der Waals surface area (Å²) in [6.07, 6.45) is 3.91. The summed E-state index contributed by atoms with van der Waals surface area (Å²) in [5, 5.41) is 6.22. The van der Waals surface area contributed by atoms with E-state index in [1.165, 1.54) is 5.56 Å². The van der Waals surface area contributed by atoms with Crippen LogP contribution in [0.2, 0.25) is 0 Å². The molecule has 1 aromatic rings. The fraction of sp³-hybridized carbons (Fsp3) is 0.182. The molecule has 1 heterocycles. The second-order valence-electron chi connectivity index (χ2n) is 3.05. The normalized spacial score (nSPS) is 15.3. The molecule has 2 N–H and O–H groups in total. The third kappa shape index (κ3) is 2.36. The van der Waals surface area contributed by atoms with Gasteiger partial charge >= 0.3 is 0 Å². The van der Waals surface area contributed by atoms with E-state index in [1.807, 2.05) is 30.5 Å². The van der Waals surface area contributed by atoms with Crippen molar-refractivity contribution in [2.45, 2.75) is 0 Å². The lowest BCUT2D eigenvalue weighted by atomic mass is 10.2. The van der Waals surface area contributed by atoms with Crippen LogP contribution in [0.5, 0.6) is 0 Å². The minimum absolute atomic E-state index is 0.859. The molecular formula is C11H13N3. The third-order valence-corrected chi connectivity index (χ3v) is 1.97. The Morgan fingerprint density at radius 1 is 1.29 bits per heavy atom. The lowest BCUT2D eigenvalue weighted by Gasteiger charge is -1.99. The summed E-state index contributed by atoms with van der Waals surface area (Å²) < 4.78 is 0. The molecule has 1 aliphatic heterocycles. The van der Waals surface area contributed by atoms with Crippen LogP contribution in [0.15, 0.2) is 41.5 Å². The van der Waals surface area contributed by atoms with Crippen LogP contribution in [0, 0.1) is 0 Å². The van der Waals surface area contributed by atoms with Crippen molar-refractivity contribution < 1.29 is 0 Å². The smallest absolute Gasteiger partial charge is 0.195 e. The molecule has 1 aromatic carbocycles. The van der Waals surface area contributed by atoms with Gasteiger partial charge < -0.3 is 10.6 Å². The van der Waals surface area contributed by atoms with Crippen molar-refractivity contribution in [1.82, 2.24) is 10.6 Å². The number of nitrogens with one attached hydrogen (secondary N) is 2. The standard InChI is InChI=1S/C11H13N3/c1-2-4-10(5-3-1)6-7-12-11-13-8-9-14-11/h1-7H,8-9H2,(H2,12,13,14). The van der Waals surface area contributed by atoms with Crippen molar-refractivity contribution in [2.75, 3.05) is 13.1 Å². The SMILES string of the molecule is C(=Cc1ccccc1)NC1=NCCN1. The van der Waals surface area contributed by atoms with Crippen LogP contribution in [0.25, 0.3) is 6.08 Å². The fourth-order valence-electron chi connectivity index (χ4n) is 1.28. The van der Waals surface area contributed by atoms with Crippen molar-refractivity contribution in [3.8, 4) is 0 Å². The maximum Gasteiger partial charge on any atom is 0.195 e. The topological polar surface area (TPSA) is 36.4 Å². The molecule has 3 nitrogen and oxygen atoms in total. The Morgan fingerprint density at radius 3 is 2.86 bits per heavy atom. The van der Waals surface area contributed by atoms with Crippen LogP contribution < -0.4 is 10.6 Å². The second-order valence-corrected chi connectivity index (χ2v) is 3.05. The number of hydrogen-bond donors (Lipinski definition) is 2. The van der Waals surface area contributed by atoms with Crippen molar-refractivity contribution in [2.24, 2.45) is 4.99 Å². The van der Waals surface area contributed by atoms with E-state index < -0.39 is 0 Å². The van der Waals surface area contributed by atoms with Crippen LogP contribution >= 0.6 is 0 Å². The van der Waals surface area contributed by atoms with Crippen LogP contribution in [-0.2, 0) is 0 Å². The molecule has 0 atom stereocenters. The Balaban J connectivity index is 1.88. The minimum Gasteiger partial charge on any atom is -0.354 e. The molecule has 0 saturated carbocycles. The lowest BCUT2D eigenvalue weighted by molar-refractivity contribution is 0.948. The molecule has 3 heteroatoms. The van der Waals surface area contributed by atoms with E-state index in [2.05, 4.69) is 27.8 Å². The van der Waals surface area contributed by atoms with Gasteiger partial charge in [0.2, 0.25) is 0 Å². The van der Waals surface area contributed by atoms with Gasteiger partial charge in [0.05, 0.1) is 6.54 Å². The zero-order valence-electron chi connectivity index (χ0n) is 7.90. The van der Waals surface area contributed by atoms with E-state index in [1.54, 1.807) is 0 Å². The van der Waals surface area contributed by atoms with E-state index in [0.29, 0.717) is 0 Å². The molecule has 0 radical (unpaired) electrons. The molecule has 0 amide bonds. The number of rotatable bonds is 2. The first-order chi connectivity index (χ1) is 6.95. The fourth-order valence-corrected chi connectivity index (χ4v) is 1.28. The largest absolute Gasteiger partial charge is 0.354 e. The van der Waals surface area contributed by atoms with Crippen LogP contribution in [-0.4, -0.2) is 19.0 Å². The van der Waals surface area contributed by atoms with Crippen LogP contribution in [0.4, 0.5) is 0 Å². The van der Waals surface area contributed by atoms with Crippen LogP contribution in [0.1, 0.15) is 5.56 Å². The van der Waals surface area contributed by atoms with E-state index >= 15 is 0 Å². The Morgan fingerprint density at radius 2 is 2.14 bits per heavy atom. The van der Waals surface area contributed by atoms with Crippen molar-refractivity contribution in [1.29, 1.82) is 0 Å². The number of aliphatic imine (C=N–C) groups is 1. The lowest BCUT2D eigenvalue weighted by Crippen LogP contribution is -2.29. The van der Waals surface area contributed by atoms with Gasteiger partial charge in [-0.1, -0.05) is 30.3 Å². The van der Waals surface area contributed by atoms with Crippen LogP contribution in [0.3, 0.4) is 0 Å². The minimum atomic E-state index is 0.859. The van der Waals surface area contributed by atoms with Gasteiger partial charge in [0.15, 0.2) is 5.96 Å². The molecule has 0 bridgehead atoms. The van der Waals surface area contributed by atoms with Gasteiger partial charge in [-0.2, -0.15) is 0 Å². The molecule has 0 unspecified atom stereocenters. The highest BCUT2D eigenvalue weighted by Gasteiger charge is 1.99. The number of nitrogens with zero attached hydrogens (tertiary/aromatic N) is 1. The summed E-state index contributed by atoms with van der Waals surface area (Å²) in [7, 11) is 0. The highest BCUT2D eigenvalue weighted by Crippen LogP contribution is 1.99. The molecule has 0 spiro atoms. The molecule has 14 heavy (non-hydrogen) atoms. The maximum absolute atomic E-state index is 4.21. The molecular weight excluding hydrogens is 174 g/mol. The first kappa shape index (κ1) is 8.81. The van der Waals surface area contributed by atoms with E-state index in [4.69, 9.17) is 0 Å². The molecule has 0 fully saturated rings. The second kappa shape index (κ2) is 4.46. The van der Waals surface area contributed by atoms with Crippen molar-refractivity contribution in [3.63, 3.8) is 0 Å². The maximum atomic E-state index is 4.21. The average molecular weight is 187 g/mol. The summed E-state index contributed by atoms with van der Waals surface area (Å²) in [4.78, 5) is 4.21. The number of guanidine groups is 1. The molecule has 0 aliphatic carbocycles. The van der Waals surface area contributed by atoms with Gasteiger partial charge in [-0.25, -0.2) is 0 Å².